The molecule has 24 heavy (non-hydrogen) atoms. The molecule has 4 nitrogen and oxygen atoms in total. The van der Waals surface area contributed by atoms with E-state index in [0.29, 0.717) is 12.6 Å². The number of hydrogen-bond acceptors (Lipinski definition) is 2. The van der Waals surface area contributed by atoms with Crippen LogP contribution in [0.2, 0.25) is 0 Å². The number of hydrogen-bond donors (Lipinski definition) is 1. The molecule has 0 aromatic heterocycles. The summed E-state index contributed by atoms with van der Waals surface area (Å²) in [5, 5.41) is 3.22. The topological polar surface area (TPSA) is 49.4 Å². The number of aryl methyl sites for hydroxylation is 1. The van der Waals surface area contributed by atoms with Gasteiger partial charge in [-0.25, -0.2) is 0 Å². The minimum atomic E-state index is -0.0607. The highest BCUT2D eigenvalue weighted by Gasteiger charge is 2.30. The van der Waals surface area contributed by atoms with Gasteiger partial charge in [0.15, 0.2) is 0 Å². The maximum absolute atomic E-state index is 12.7. The zero-order valence-corrected chi connectivity index (χ0v) is 14.6. The van der Waals surface area contributed by atoms with E-state index in [1.165, 1.54) is 19.3 Å². The second kappa shape index (κ2) is 7.82. The molecule has 3 rings (SSSR count). The van der Waals surface area contributed by atoms with Crippen molar-refractivity contribution in [2.45, 2.75) is 57.9 Å². The highest BCUT2D eigenvalue weighted by atomic mass is 16.2. The summed E-state index contributed by atoms with van der Waals surface area (Å²) < 4.78 is 0. The molecule has 1 unspecified atom stereocenters. The van der Waals surface area contributed by atoms with Crippen molar-refractivity contribution in [3.63, 3.8) is 0 Å². The van der Waals surface area contributed by atoms with Gasteiger partial charge in [-0.1, -0.05) is 37.0 Å². The number of carbonyl (C=O) groups is 2. The molecule has 1 aliphatic carbocycles. The Balaban J connectivity index is 1.59. The Labute approximate surface area is 144 Å². The highest BCUT2D eigenvalue weighted by molar-refractivity contribution is 5.95. The first-order valence-corrected chi connectivity index (χ1v) is 9.30. The van der Waals surface area contributed by atoms with Gasteiger partial charge in [-0.05, 0) is 44.7 Å². The molecule has 1 N–H and O–H groups in total. The van der Waals surface area contributed by atoms with Crippen LogP contribution >= 0.6 is 0 Å². The minimum absolute atomic E-state index is 0.0499. The first-order valence-electron chi connectivity index (χ1n) is 9.30. The molecule has 2 aliphatic rings. The largest absolute Gasteiger partial charge is 0.353 e. The molecule has 0 radical (unpaired) electrons. The molecular weight excluding hydrogens is 300 g/mol. The highest BCUT2D eigenvalue weighted by Crippen LogP contribution is 2.22. The van der Waals surface area contributed by atoms with E-state index in [1.807, 2.05) is 36.1 Å². The Morgan fingerprint density at radius 2 is 1.88 bits per heavy atom. The van der Waals surface area contributed by atoms with Crippen molar-refractivity contribution in [1.29, 1.82) is 0 Å². The van der Waals surface area contributed by atoms with Crippen molar-refractivity contribution < 1.29 is 9.59 Å². The molecule has 1 heterocycles. The molecule has 4 heteroatoms. The number of likely N-dealkylation sites (tertiary alicyclic amines) is 1. The Morgan fingerprint density at radius 3 is 2.62 bits per heavy atom. The Kier molecular flexibility index (Phi) is 5.54. The van der Waals surface area contributed by atoms with Gasteiger partial charge in [0.05, 0.1) is 5.92 Å². The van der Waals surface area contributed by atoms with Crippen molar-refractivity contribution >= 4 is 11.8 Å². The van der Waals surface area contributed by atoms with E-state index in [0.717, 1.165) is 43.4 Å². The van der Waals surface area contributed by atoms with E-state index in [4.69, 9.17) is 0 Å². The van der Waals surface area contributed by atoms with E-state index < -0.39 is 0 Å². The van der Waals surface area contributed by atoms with Crippen LogP contribution in [0, 0.1) is 12.8 Å². The molecule has 130 valence electrons. The van der Waals surface area contributed by atoms with Crippen molar-refractivity contribution in [2.24, 2.45) is 5.92 Å². The van der Waals surface area contributed by atoms with Gasteiger partial charge in [0.25, 0.3) is 5.91 Å². The summed E-state index contributed by atoms with van der Waals surface area (Å²) in [6.45, 7) is 3.29. The second-order valence-corrected chi connectivity index (χ2v) is 7.30. The van der Waals surface area contributed by atoms with Crippen LogP contribution in [0.1, 0.15) is 60.9 Å². The van der Waals surface area contributed by atoms with E-state index in [2.05, 4.69) is 5.32 Å². The first-order chi connectivity index (χ1) is 11.6. The maximum atomic E-state index is 12.7. The second-order valence-electron chi connectivity index (χ2n) is 7.30. The normalized spacial score (nSPS) is 22.2. The molecule has 1 aromatic carbocycles. The van der Waals surface area contributed by atoms with Gasteiger partial charge in [-0.15, -0.1) is 0 Å². The number of benzene rings is 1. The van der Waals surface area contributed by atoms with Gasteiger partial charge in [-0.3, -0.25) is 9.59 Å². The third-order valence-corrected chi connectivity index (χ3v) is 5.30. The number of carbonyl (C=O) groups excluding carboxylic acids is 2. The molecule has 1 saturated heterocycles. The Bertz CT molecular complexity index is 593. The summed E-state index contributed by atoms with van der Waals surface area (Å²) in [5.41, 5.74) is 1.81. The molecule has 2 fully saturated rings. The lowest BCUT2D eigenvalue weighted by atomic mass is 9.92. The van der Waals surface area contributed by atoms with E-state index in [1.54, 1.807) is 0 Å². The molecule has 1 saturated carbocycles. The summed E-state index contributed by atoms with van der Waals surface area (Å²) in [5.74, 6) is 0.131. The molecule has 0 bridgehead atoms. The number of amides is 2. The summed E-state index contributed by atoms with van der Waals surface area (Å²) in [7, 11) is 0. The lowest BCUT2D eigenvalue weighted by molar-refractivity contribution is -0.127. The number of nitrogens with one attached hydrogen (secondary N) is 1. The van der Waals surface area contributed by atoms with Gasteiger partial charge in [0.1, 0.15) is 0 Å². The third kappa shape index (κ3) is 4.16. The van der Waals surface area contributed by atoms with E-state index >= 15 is 0 Å². The minimum Gasteiger partial charge on any atom is -0.353 e. The molecule has 1 atom stereocenters. The molecule has 1 aromatic rings. The van der Waals surface area contributed by atoms with Crippen molar-refractivity contribution in [3.8, 4) is 0 Å². The van der Waals surface area contributed by atoms with Gasteiger partial charge in [0.2, 0.25) is 5.91 Å². The Morgan fingerprint density at radius 1 is 1.08 bits per heavy atom. The van der Waals surface area contributed by atoms with Crippen LogP contribution in [-0.2, 0) is 4.79 Å². The van der Waals surface area contributed by atoms with Crippen LogP contribution in [0.3, 0.4) is 0 Å². The predicted molar refractivity (Wildman–Crippen MR) is 94.8 cm³/mol. The summed E-state index contributed by atoms with van der Waals surface area (Å²) in [4.78, 5) is 27.1. The van der Waals surface area contributed by atoms with E-state index in [-0.39, 0.29) is 17.7 Å². The van der Waals surface area contributed by atoms with Gasteiger partial charge < -0.3 is 10.2 Å². The zero-order valence-electron chi connectivity index (χ0n) is 14.6. The summed E-state index contributed by atoms with van der Waals surface area (Å²) in [6, 6.07) is 8.04. The number of nitrogens with zero attached hydrogens (tertiary/aromatic N) is 1. The standard InChI is InChI=1S/C20H28N2O2/c1-15-7-5-8-16(13-15)20(24)22-12-6-9-17(14-22)19(23)21-18-10-3-2-4-11-18/h5,7-8,13,17-18H,2-4,6,9-12,14H2,1H3,(H,21,23). The van der Waals surface area contributed by atoms with Crippen LogP contribution in [0.25, 0.3) is 0 Å². The summed E-state index contributed by atoms with van der Waals surface area (Å²) in [6.07, 6.45) is 7.71. The maximum Gasteiger partial charge on any atom is 0.253 e. The Hall–Kier alpha value is -1.84. The lowest BCUT2D eigenvalue weighted by Gasteiger charge is -2.33. The summed E-state index contributed by atoms with van der Waals surface area (Å²) >= 11 is 0. The number of rotatable bonds is 3. The molecular formula is C20H28N2O2. The predicted octanol–water partition coefficient (Wildman–Crippen LogP) is 3.30. The van der Waals surface area contributed by atoms with Crippen molar-refractivity contribution in [2.75, 3.05) is 13.1 Å². The zero-order chi connectivity index (χ0) is 16.9. The van der Waals surface area contributed by atoms with Crippen LogP contribution in [0.15, 0.2) is 24.3 Å². The molecule has 0 spiro atoms. The van der Waals surface area contributed by atoms with Crippen LogP contribution in [-0.4, -0.2) is 35.8 Å². The average molecular weight is 328 g/mol. The fourth-order valence-electron chi connectivity index (χ4n) is 3.90. The van der Waals surface area contributed by atoms with Crippen molar-refractivity contribution in [1.82, 2.24) is 10.2 Å². The van der Waals surface area contributed by atoms with Gasteiger partial charge >= 0.3 is 0 Å². The van der Waals surface area contributed by atoms with Gasteiger partial charge in [-0.2, -0.15) is 0 Å². The fourth-order valence-corrected chi connectivity index (χ4v) is 3.90. The van der Waals surface area contributed by atoms with Crippen LogP contribution in [0.5, 0.6) is 0 Å². The fraction of sp³-hybridized carbons (Fsp3) is 0.600. The quantitative estimate of drug-likeness (QED) is 0.925. The van der Waals surface area contributed by atoms with Crippen LogP contribution < -0.4 is 5.32 Å². The van der Waals surface area contributed by atoms with Crippen LogP contribution in [0.4, 0.5) is 0 Å². The van der Waals surface area contributed by atoms with Crippen molar-refractivity contribution in [3.05, 3.63) is 35.4 Å². The first kappa shape index (κ1) is 17.0. The average Bonchev–Trinajstić information content (AvgIpc) is 2.62. The van der Waals surface area contributed by atoms with Gasteiger partial charge in [0, 0.05) is 24.7 Å². The SMILES string of the molecule is Cc1cccc(C(=O)N2CCCC(C(=O)NC3CCCCC3)C2)c1. The monoisotopic (exact) mass is 328 g/mol. The molecule has 2 amide bonds. The molecule has 1 aliphatic heterocycles. The number of piperidine rings is 1. The third-order valence-electron chi connectivity index (χ3n) is 5.30. The lowest BCUT2D eigenvalue weighted by Crippen LogP contribution is -2.47. The smallest absolute Gasteiger partial charge is 0.253 e. The van der Waals surface area contributed by atoms with E-state index in [9.17, 15) is 9.59 Å².